The molecular formula is C18H24N4O4. The van der Waals surface area contributed by atoms with Crippen LogP contribution in [0.3, 0.4) is 0 Å². The Balaban J connectivity index is 1.56. The molecule has 8 heteroatoms. The van der Waals surface area contributed by atoms with Crippen LogP contribution in [0.15, 0.2) is 24.3 Å². The van der Waals surface area contributed by atoms with Crippen molar-refractivity contribution in [1.29, 1.82) is 0 Å². The minimum absolute atomic E-state index is 0.0315. The van der Waals surface area contributed by atoms with Gasteiger partial charge in [0.2, 0.25) is 11.8 Å². The number of anilines is 1. The molecule has 0 unspecified atom stereocenters. The van der Waals surface area contributed by atoms with Gasteiger partial charge in [-0.15, -0.1) is 0 Å². The van der Waals surface area contributed by atoms with Crippen LogP contribution < -0.4 is 20.7 Å². The van der Waals surface area contributed by atoms with Gasteiger partial charge in [0.25, 0.3) is 0 Å². The summed E-state index contributed by atoms with van der Waals surface area (Å²) in [5.41, 5.74) is 6.08. The van der Waals surface area contributed by atoms with Crippen molar-refractivity contribution >= 4 is 23.5 Å². The number of nitrogens with one attached hydrogen (secondary N) is 1. The lowest BCUT2D eigenvalue weighted by Crippen LogP contribution is -2.49. The highest BCUT2D eigenvalue weighted by molar-refractivity contribution is 5.97. The molecule has 0 spiro atoms. The molecule has 140 valence electrons. The van der Waals surface area contributed by atoms with E-state index in [2.05, 4.69) is 5.32 Å². The number of piperidine rings is 1. The van der Waals surface area contributed by atoms with Gasteiger partial charge in [-0.25, -0.2) is 4.79 Å². The maximum atomic E-state index is 12.4. The number of nitrogens with two attached hydrogens (primary N) is 1. The molecule has 0 aliphatic carbocycles. The summed E-state index contributed by atoms with van der Waals surface area (Å²) in [6, 6.07) is 6.86. The lowest BCUT2D eigenvalue weighted by molar-refractivity contribution is -0.123. The number of amides is 4. The highest BCUT2D eigenvalue weighted by Gasteiger charge is 2.33. The van der Waals surface area contributed by atoms with E-state index in [1.54, 1.807) is 23.0 Å². The second-order valence-corrected chi connectivity index (χ2v) is 6.72. The topological polar surface area (TPSA) is 105 Å². The Morgan fingerprint density at radius 3 is 2.65 bits per heavy atom. The standard InChI is InChI=1S/C18H24N4O4/c1-26-15-4-2-3-14(10-15)22-11-13(9-16(22)23)20-18(25)21-7-5-12(6-8-21)17(19)24/h2-4,10,12-13H,5-9,11H2,1H3,(H2,19,24)(H,20,25)/t13-/m0/s1. The van der Waals surface area contributed by atoms with E-state index in [1.807, 2.05) is 18.2 Å². The quantitative estimate of drug-likeness (QED) is 0.825. The van der Waals surface area contributed by atoms with E-state index in [0.717, 1.165) is 5.69 Å². The van der Waals surface area contributed by atoms with Gasteiger partial charge in [-0.2, -0.15) is 0 Å². The summed E-state index contributed by atoms with van der Waals surface area (Å²) in [6.45, 7) is 1.43. The van der Waals surface area contributed by atoms with E-state index >= 15 is 0 Å². The molecule has 3 rings (SSSR count). The van der Waals surface area contributed by atoms with Crippen LogP contribution in [0.1, 0.15) is 19.3 Å². The van der Waals surface area contributed by atoms with Crippen LogP contribution in [-0.2, 0) is 9.59 Å². The SMILES string of the molecule is COc1cccc(N2C[C@@H](NC(=O)N3CCC(C(N)=O)CC3)CC2=O)c1. The lowest BCUT2D eigenvalue weighted by atomic mass is 9.96. The monoisotopic (exact) mass is 360 g/mol. The highest BCUT2D eigenvalue weighted by atomic mass is 16.5. The summed E-state index contributed by atoms with van der Waals surface area (Å²) in [4.78, 5) is 39.3. The summed E-state index contributed by atoms with van der Waals surface area (Å²) in [5.74, 6) is 0.187. The molecule has 2 fully saturated rings. The normalized spacial score (nSPS) is 21.0. The van der Waals surface area contributed by atoms with Crippen molar-refractivity contribution in [2.45, 2.75) is 25.3 Å². The average molecular weight is 360 g/mol. The van der Waals surface area contributed by atoms with Crippen LogP contribution in [0.4, 0.5) is 10.5 Å². The second kappa shape index (κ2) is 7.63. The van der Waals surface area contributed by atoms with E-state index in [1.165, 1.54) is 0 Å². The molecule has 2 aliphatic rings. The number of nitrogens with zero attached hydrogens (tertiary/aromatic N) is 2. The van der Waals surface area contributed by atoms with Crippen LogP contribution >= 0.6 is 0 Å². The van der Waals surface area contributed by atoms with E-state index in [4.69, 9.17) is 10.5 Å². The predicted octanol–water partition coefficient (Wildman–Crippen LogP) is 0.707. The van der Waals surface area contributed by atoms with Gasteiger partial charge in [0.1, 0.15) is 5.75 Å². The number of benzene rings is 1. The van der Waals surface area contributed by atoms with Crippen LogP contribution in [0.2, 0.25) is 0 Å². The van der Waals surface area contributed by atoms with E-state index in [9.17, 15) is 14.4 Å². The zero-order valence-electron chi connectivity index (χ0n) is 14.8. The Hall–Kier alpha value is -2.77. The van der Waals surface area contributed by atoms with Crippen LogP contribution in [0.5, 0.6) is 5.75 Å². The van der Waals surface area contributed by atoms with Crippen LogP contribution in [-0.4, -0.2) is 55.5 Å². The fourth-order valence-corrected chi connectivity index (χ4v) is 3.47. The van der Waals surface area contributed by atoms with Gasteiger partial charge in [0.05, 0.1) is 13.2 Å². The minimum Gasteiger partial charge on any atom is -0.497 e. The first-order chi connectivity index (χ1) is 12.5. The maximum absolute atomic E-state index is 12.4. The Morgan fingerprint density at radius 1 is 1.27 bits per heavy atom. The molecule has 0 radical (unpaired) electrons. The number of hydrogen-bond donors (Lipinski definition) is 2. The third kappa shape index (κ3) is 3.89. The lowest BCUT2D eigenvalue weighted by Gasteiger charge is -2.31. The number of likely N-dealkylation sites (tertiary alicyclic amines) is 1. The number of carbonyl (C=O) groups excluding carboxylic acids is 3. The summed E-state index contributed by atoms with van der Waals surface area (Å²) in [7, 11) is 1.58. The minimum atomic E-state index is -0.305. The van der Waals surface area contributed by atoms with Gasteiger partial charge in [-0.05, 0) is 25.0 Å². The van der Waals surface area contributed by atoms with Gasteiger partial charge in [0.15, 0.2) is 0 Å². The van der Waals surface area contributed by atoms with Crippen LogP contribution in [0.25, 0.3) is 0 Å². The number of hydrogen-bond acceptors (Lipinski definition) is 4. The first-order valence-electron chi connectivity index (χ1n) is 8.77. The average Bonchev–Trinajstić information content (AvgIpc) is 3.02. The first kappa shape index (κ1) is 18.0. The fraction of sp³-hybridized carbons (Fsp3) is 0.500. The van der Waals surface area contributed by atoms with Crippen molar-refractivity contribution in [2.75, 3.05) is 31.6 Å². The maximum Gasteiger partial charge on any atom is 0.317 e. The Morgan fingerprint density at radius 2 is 2.00 bits per heavy atom. The molecule has 1 aromatic rings. The first-order valence-corrected chi connectivity index (χ1v) is 8.77. The molecule has 0 saturated carbocycles. The molecule has 2 saturated heterocycles. The van der Waals surface area contributed by atoms with Gasteiger partial charge >= 0.3 is 6.03 Å². The number of ether oxygens (including phenoxy) is 1. The molecular weight excluding hydrogens is 336 g/mol. The zero-order chi connectivity index (χ0) is 18.7. The summed E-state index contributed by atoms with van der Waals surface area (Å²) >= 11 is 0. The highest BCUT2D eigenvalue weighted by Crippen LogP contribution is 2.25. The molecule has 8 nitrogen and oxygen atoms in total. The second-order valence-electron chi connectivity index (χ2n) is 6.72. The van der Waals surface area contributed by atoms with Crippen molar-refractivity contribution in [3.63, 3.8) is 0 Å². The Kier molecular flexibility index (Phi) is 5.29. The third-order valence-corrected chi connectivity index (χ3v) is 5.00. The zero-order valence-corrected chi connectivity index (χ0v) is 14.8. The number of methoxy groups -OCH3 is 1. The largest absolute Gasteiger partial charge is 0.497 e. The van der Waals surface area contributed by atoms with Crippen molar-refractivity contribution < 1.29 is 19.1 Å². The number of carbonyl (C=O) groups is 3. The molecule has 2 heterocycles. The van der Waals surface area contributed by atoms with Crippen molar-refractivity contribution in [1.82, 2.24) is 10.2 Å². The van der Waals surface area contributed by atoms with Gasteiger partial charge in [-0.1, -0.05) is 6.07 Å². The van der Waals surface area contributed by atoms with Crippen molar-refractivity contribution in [3.05, 3.63) is 24.3 Å². The fourth-order valence-electron chi connectivity index (χ4n) is 3.47. The molecule has 26 heavy (non-hydrogen) atoms. The van der Waals surface area contributed by atoms with Crippen LogP contribution in [0, 0.1) is 5.92 Å². The summed E-state index contributed by atoms with van der Waals surface area (Å²) in [6.07, 6.45) is 1.44. The summed E-state index contributed by atoms with van der Waals surface area (Å²) < 4.78 is 5.20. The molecule has 1 atom stereocenters. The molecule has 0 aromatic heterocycles. The molecule has 4 amide bonds. The van der Waals surface area contributed by atoms with Crippen molar-refractivity contribution in [2.24, 2.45) is 11.7 Å². The molecule has 0 bridgehead atoms. The number of urea groups is 1. The van der Waals surface area contributed by atoms with Gasteiger partial charge in [-0.3, -0.25) is 9.59 Å². The van der Waals surface area contributed by atoms with E-state index in [0.29, 0.717) is 38.2 Å². The van der Waals surface area contributed by atoms with Gasteiger partial charge in [0, 0.05) is 43.7 Å². The van der Waals surface area contributed by atoms with E-state index < -0.39 is 0 Å². The third-order valence-electron chi connectivity index (χ3n) is 5.00. The number of primary amides is 1. The molecule has 1 aromatic carbocycles. The number of rotatable bonds is 4. The van der Waals surface area contributed by atoms with Gasteiger partial charge < -0.3 is 25.6 Å². The Bertz CT molecular complexity index is 700. The Labute approximate surface area is 152 Å². The molecule has 3 N–H and O–H groups in total. The summed E-state index contributed by atoms with van der Waals surface area (Å²) in [5, 5.41) is 2.93. The smallest absolute Gasteiger partial charge is 0.317 e. The van der Waals surface area contributed by atoms with E-state index in [-0.39, 0.29) is 36.2 Å². The van der Waals surface area contributed by atoms with Crippen molar-refractivity contribution in [3.8, 4) is 5.75 Å². The predicted molar refractivity (Wildman–Crippen MR) is 95.8 cm³/mol. The molecule has 2 aliphatic heterocycles.